The highest BCUT2D eigenvalue weighted by molar-refractivity contribution is 6.11. The lowest BCUT2D eigenvalue weighted by Crippen LogP contribution is -2.10. The van der Waals surface area contributed by atoms with Crippen LogP contribution in [0.15, 0.2) is 24.8 Å². The third kappa shape index (κ3) is 2.23. The Morgan fingerprint density at radius 1 is 1.44 bits per heavy atom. The van der Waals surface area contributed by atoms with Gasteiger partial charge >= 0.3 is 0 Å². The van der Waals surface area contributed by atoms with Crippen molar-refractivity contribution >= 4 is 11.6 Å². The number of nitrogens with zero attached hydrogens (tertiary/aromatic N) is 3. The molecule has 0 aliphatic rings. The lowest BCUT2D eigenvalue weighted by Gasteiger charge is -2.05. The van der Waals surface area contributed by atoms with Crippen LogP contribution in [-0.2, 0) is 6.54 Å². The highest BCUT2D eigenvalue weighted by atomic mass is 16.1. The third-order valence-electron chi connectivity index (χ3n) is 2.67. The summed E-state index contributed by atoms with van der Waals surface area (Å²) in [5.74, 6) is 0.0160. The van der Waals surface area contributed by atoms with Crippen molar-refractivity contribution in [2.45, 2.75) is 13.5 Å². The van der Waals surface area contributed by atoms with E-state index in [-0.39, 0.29) is 11.6 Å². The molecule has 2 heterocycles. The van der Waals surface area contributed by atoms with Gasteiger partial charge in [-0.3, -0.25) is 4.79 Å². The second-order valence-electron chi connectivity index (χ2n) is 4.00. The minimum absolute atomic E-state index is 0.214. The Morgan fingerprint density at radius 2 is 2.22 bits per heavy atom. The highest BCUT2D eigenvalue weighted by Gasteiger charge is 2.17. The summed E-state index contributed by atoms with van der Waals surface area (Å²) in [7, 11) is 0. The Kier molecular flexibility index (Phi) is 3.38. The molecule has 0 fully saturated rings. The van der Waals surface area contributed by atoms with Crippen LogP contribution in [0.3, 0.4) is 0 Å². The van der Waals surface area contributed by atoms with Gasteiger partial charge in [0, 0.05) is 25.5 Å². The van der Waals surface area contributed by atoms with Crippen LogP contribution in [0.2, 0.25) is 0 Å². The molecule has 0 aliphatic carbocycles. The Morgan fingerprint density at radius 3 is 2.89 bits per heavy atom. The SMILES string of the molecule is Cc1ccnc(N)c1C(=O)c1cn(CCN)cn1. The summed E-state index contributed by atoms with van der Waals surface area (Å²) in [6.45, 7) is 2.95. The molecule has 0 unspecified atom stereocenters. The smallest absolute Gasteiger partial charge is 0.216 e. The van der Waals surface area contributed by atoms with Crippen molar-refractivity contribution in [3.05, 3.63) is 41.6 Å². The molecule has 18 heavy (non-hydrogen) atoms. The summed E-state index contributed by atoms with van der Waals surface area (Å²) < 4.78 is 1.77. The monoisotopic (exact) mass is 245 g/mol. The molecule has 4 N–H and O–H groups in total. The van der Waals surface area contributed by atoms with E-state index in [1.807, 2.05) is 6.92 Å². The molecule has 0 radical (unpaired) electrons. The van der Waals surface area contributed by atoms with E-state index < -0.39 is 0 Å². The van der Waals surface area contributed by atoms with Gasteiger partial charge in [0.25, 0.3) is 0 Å². The molecule has 0 saturated carbocycles. The first-order valence-electron chi connectivity index (χ1n) is 5.61. The molecule has 0 saturated heterocycles. The number of nitrogens with two attached hydrogens (primary N) is 2. The second-order valence-corrected chi connectivity index (χ2v) is 4.00. The Bertz CT molecular complexity index is 555. The predicted molar refractivity (Wildman–Crippen MR) is 68.1 cm³/mol. The molecule has 94 valence electrons. The van der Waals surface area contributed by atoms with Gasteiger partial charge in [0.15, 0.2) is 0 Å². The first-order chi connectivity index (χ1) is 8.63. The van der Waals surface area contributed by atoms with Gasteiger partial charge in [-0.05, 0) is 18.6 Å². The van der Waals surface area contributed by atoms with E-state index in [1.165, 1.54) is 0 Å². The molecule has 0 amide bonds. The third-order valence-corrected chi connectivity index (χ3v) is 2.67. The van der Waals surface area contributed by atoms with Crippen LogP contribution in [0.1, 0.15) is 21.6 Å². The average molecular weight is 245 g/mol. The number of rotatable bonds is 4. The molecule has 0 bridgehead atoms. The summed E-state index contributed by atoms with van der Waals surface area (Å²) in [6, 6.07) is 1.75. The summed E-state index contributed by atoms with van der Waals surface area (Å²) >= 11 is 0. The van der Waals surface area contributed by atoms with Crippen molar-refractivity contribution < 1.29 is 4.79 Å². The fourth-order valence-electron chi connectivity index (χ4n) is 1.75. The Labute approximate surface area is 105 Å². The molecule has 0 spiro atoms. The fourth-order valence-corrected chi connectivity index (χ4v) is 1.75. The molecule has 2 aromatic heterocycles. The van der Waals surface area contributed by atoms with Crippen molar-refractivity contribution in [1.82, 2.24) is 14.5 Å². The van der Waals surface area contributed by atoms with E-state index in [2.05, 4.69) is 9.97 Å². The van der Waals surface area contributed by atoms with Crippen LogP contribution in [0.25, 0.3) is 0 Å². The largest absolute Gasteiger partial charge is 0.383 e. The molecule has 0 aromatic carbocycles. The quantitative estimate of drug-likeness (QED) is 0.757. The lowest BCUT2D eigenvalue weighted by molar-refractivity contribution is 0.103. The zero-order valence-electron chi connectivity index (χ0n) is 10.1. The predicted octanol–water partition coefficient (Wildman–Crippen LogP) is 0.358. The van der Waals surface area contributed by atoms with Crippen molar-refractivity contribution in [1.29, 1.82) is 0 Å². The standard InChI is InChI=1S/C12H15N5O/c1-8-2-4-15-12(14)10(8)11(18)9-6-17(5-3-13)7-16-9/h2,4,6-7H,3,5,13H2,1H3,(H2,14,15). The summed E-state index contributed by atoms with van der Waals surface area (Å²) in [6.07, 6.45) is 4.83. The first kappa shape index (κ1) is 12.3. The van der Waals surface area contributed by atoms with E-state index in [9.17, 15) is 4.79 Å². The number of hydrogen-bond acceptors (Lipinski definition) is 5. The van der Waals surface area contributed by atoms with Gasteiger partial charge < -0.3 is 16.0 Å². The fraction of sp³-hybridized carbons (Fsp3) is 0.250. The minimum atomic E-state index is -0.214. The molecular weight excluding hydrogens is 230 g/mol. The number of hydrogen-bond donors (Lipinski definition) is 2. The Hall–Kier alpha value is -2.21. The summed E-state index contributed by atoms with van der Waals surface area (Å²) in [5, 5.41) is 0. The maximum absolute atomic E-state index is 12.3. The van der Waals surface area contributed by atoms with E-state index in [0.29, 0.717) is 24.3 Å². The molecular formula is C12H15N5O. The number of aryl methyl sites for hydroxylation is 1. The van der Waals surface area contributed by atoms with Crippen molar-refractivity contribution in [2.24, 2.45) is 5.73 Å². The number of ketones is 1. The zero-order chi connectivity index (χ0) is 13.1. The topological polar surface area (TPSA) is 99.8 Å². The first-order valence-corrected chi connectivity index (χ1v) is 5.61. The number of imidazole rings is 1. The maximum Gasteiger partial charge on any atom is 0.216 e. The average Bonchev–Trinajstić information content (AvgIpc) is 2.78. The van der Waals surface area contributed by atoms with Crippen molar-refractivity contribution in [2.75, 3.05) is 12.3 Å². The van der Waals surface area contributed by atoms with E-state index >= 15 is 0 Å². The van der Waals surface area contributed by atoms with Crippen LogP contribution >= 0.6 is 0 Å². The van der Waals surface area contributed by atoms with Gasteiger partial charge in [-0.1, -0.05) is 0 Å². The van der Waals surface area contributed by atoms with Gasteiger partial charge in [0.1, 0.15) is 11.5 Å². The number of anilines is 1. The van der Waals surface area contributed by atoms with Crippen LogP contribution in [-0.4, -0.2) is 26.9 Å². The summed E-state index contributed by atoms with van der Waals surface area (Å²) in [5.41, 5.74) is 12.7. The van der Waals surface area contributed by atoms with Crippen LogP contribution < -0.4 is 11.5 Å². The van der Waals surface area contributed by atoms with Crippen molar-refractivity contribution in [3.63, 3.8) is 0 Å². The molecule has 6 heteroatoms. The normalized spacial score (nSPS) is 10.6. The number of pyridine rings is 1. The van der Waals surface area contributed by atoms with Gasteiger partial charge in [0.2, 0.25) is 5.78 Å². The summed E-state index contributed by atoms with van der Waals surface area (Å²) in [4.78, 5) is 20.3. The molecule has 0 atom stereocenters. The van der Waals surface area contributed by atoms with Gasteiger partial charge in [0.05, 0.1) is 11.9 Å². The second kappa shape index (κ2) is 4.97. The van der Waals surface area contributed by atoms with Gasteiger partial charge in [-0.25, -0.2) is 9.97 Å². The molecule has 0 aliphatic heterocycles. The highest BCUT2D eigenvalue weighted by Crippen LogP contribution is 2.17. The van der Waals surface area contributed by atoms with E-state index in [1.54, 1.807) is 29.4 Å². The number of nitrogen functional groups attached to an aromatic ring is 1. The number of aromatic nitrogens is 3. The zero-order valence-corrected chi connectivity index (χ0v) is 10.1. The van der Waals surface area contributed by atoms with Gasteiger partial charge in [-0.15, -0.1) is 0 Å². The van der Waals surface area contributed by atoms with Crippen LogP contribution in [0.5, 0.6) is 0 Å². The lowest BCUT2D eigenvalue weighted by atomic mass is 10.0. The van der Waals surface area contributed by atoms with E-state index in [0.717, 1.165) is 5.56 Å². The molecule has 2 aromatic rings. The van der Waals surface area contributed by atoms with E-state index in [4.69, 9.17) is 11.5 Å². The van der Waals surface area contributed by atoms with Crippen LogP contribution in [0, 0.1) is 6.92 Å². The number of carbonyl (C=O) groups excluding carboxylic acids is 1. The molecule has 6 nitrogen and oxygen atoms in total. The Balaban J connectivity index is 2.35. The van der Waals surface area contributed by atoms with Crippen molar-refractivity contribution in [3.8, 4) is 0 Å². The minimum Gasteiger partial charge on any atom is -0.383 e. The van der Waals surface area contributed by atoms with Gasteiger partial charge in [-0.2, -0.15) is 0 Å². The number of carbonyl (C=O) groups is 1. The maximum atomic E-state index is 12.3. The van der Waals surface area contributed by atoms with Crippen LogP contribution in [0.4, 0.5) is 5.82 Å². The molecule has 2 rings (SSSR count).